The second kappa shape index (κ2) is 10.0. The van der Waals surface area contributed by atoms with E-state index in [0.29, 0.717) is 23.8 Å². The highest BCUT2D eigenvalue weighted by Gasteiger charge is 2.33. The topological polar surface area (TPSA) is 81.3 Å². The number of benzene rings is 1. The standard InChI is InChI=1S/C19H27NO2.C5H7N3/c1-4-18-13(2)11-17-12-16(15-7-9-22-10-8-15)5-6-19(17)20(18)14(3)21;1-4-2-3-7-5(6)8-4/h5-6,12-13,15,18H,4,7-11H2,1-3H3;2-3H,1H3,(H2,6,7,8)/t13-,18+;/m1./s1. The molecule has 6 nitrogen and oxygen atoms in total. The second-order valence-electron chi connectivity index (χ2n) is 8.38. The molecule has 0 aliphatic carbocycles. The summed E-state index contributed by atoms with van der Waals surface area (Å²) in [6.45, 7) is 9.76. The van der Waals surface area contributed by atoms with Crippen LogP contribution < -0.4 is 10.6 Å². The van der Waals surface area contributed by atoms with Crippen molar-refractivity contribution in [2.24, 2.45) is 5.92 Å². The van der Waals surface area contributed by atoms with E-state index in [-0.39, 0.29) is 5.91 Å². The van der Waals surface area contributed by atoms with Crippen LogP contribution in [0.5, 0.6) is 0 Å². The Bertz CT molecular complexity index is 847. The Hall–Kier alpha value is -2.47. The molecule has 1 amide bonds. The Morgan fingerprint density at radius 2 is 2.00 bits per heavy atom. The summed E-state index contributed by atoms with van der Waals surface area (Å²) in [6.07, 6.45) is 5.96. The number of aryl methyl sites for hydroxylation is 1. The molecule has 162 valence electrons. The van der Waals surface area contributed by atoms with E-state index in [0.717, 1.165) is 50.3 Å². The molecule has 2 atom stereocenters. The van der Waals surface area contributed by atoms with Crippen LogP contribution in [-0.4, -0.2) is 35.1 Å². The zero-order valence-electron chi connectivity index (χ0n) is 18.6. The van der Waals surface area contributed by atoms with Gasteiger partial charge in [-0.25, -0.2) is 9.97 Å². The molecule has 1 fully saturated rings. The molecular formula is C24H34N4O2. The summed E-state index contributed by atoms with van der Waals surface area (Å²) >= 11 is 0. The van der Waals surface area contributed by atoms with Gasteiger partial charge in [-0.05, 0) is 67.7 Å². The van der Waals surface area contributed by atoms with Crippen LogP contribution in [0, 0.1) is 12.8 Å². The van der Waals surface area contributed by atoms with Crippen LogP contribution in [0.4, 0.5) is 11.6 Å². The fraction of sp³-hybridized carbons (Fsp3) is 0.542. The SMILES string of the molecule is CC[C@H]1[C@H](C)Cc2cc(C3CCOCC3)ccc2N1C(C)=O.Cc1ccnc(N)n1. The number of aromatic nitrogens is 2. The van der Waals surface area contributed by atoms with Gasteiger partial charge in [0.05, 0.1) is 0 Å². The van der Waals surface area contributed by atoms with Crippen LogP contribution in [0.3, 0.4) is 0 Å². The summed E-state index contributed by atoms with van der Waals surface area (Å²) in [7, 11) is 0. The first-order chi connectivity index (χ1) is 14.4. The van der Waals surface area contributed by atoms with Gasteiger partial charge in [0.1, 0.15) is 0 Å². The number of carbonyl (C=O) groups is 1. The van der Waals surface area contributed by atoms with Gasteiger partial charge in [0.15, 0.2) is 0 Å². The highest BCUT2D eigenvalue weighted by molar-refractivity contribution is 5.93. The lowest BCUT2D eigenvalue weighted by molar-refractivity contribution is -0.117. The van der Waals surface area contributed by atoms with Crippen molar-refractivity contribution in [1.82, 2.24) is 9.97 Å². The number of anilines is 2. The van der Waals surface area contributed by atoms with Crippen LogP contribution in [-0.2, 0) is 16.0 Å². The molecule has 0 radical (unpaired) electrons. The van der Waals surface area contributed by atoms with Crippen LogP contribution >= 0.6 is 0 Å². The number of amides is 1. The van der Waals surface area contributed by atoms with Crippen LogP contribution in [0.2, 0.25) is 0 Å². The summed E-state index contributed by atoms with van der Waals surface area (Å²) in [4.78, 5) is 21.7. The van der Waals surface area contributed by atoms with Gasteiger partial charge in [-0.2, -0.15) is 0 Å². The van der Waals surface area contributed by atoms with Crippen molar-refractivity contribution in [1.29, 1.82) is 0 Å². The molecule has 0 saturated carbocycles. The number of carbonyl (C=O) groups excluding carboxylic acids is 1. The van der Waals surface area contributed by atoms with Crippen molar-refractivity contribution in [3.8, 4) is 0 Å². The molecule has 3 heterocycles. The molecule has 1 aromatic heterocycles. The first-order valence-corrected chi connectivity index (χ1v) is 11.0. The Labute approximate surface area is 179 Å². The van der Waals surface area contributed by atoms with E-state index in [4.69, 9.17) is 10.5 Å². The molecule has 6 heteroatoms. The maximum Gasteiger partial charge on any atom is 0.224 e. The molecule has 30 heavy (non-hydrogen) atoms. The molecular weight excluding hydrogens is 376 g/mol. The van der Waals surface area contributed by atoms with Gasteiger partial charge in [0.25, 0.3) is 0 Å². The zero-order valence-corrected chi connectivity index (χ0v) is 18.6. The Morgan fingerprint density at radius 1 is 1.27 bits per heavy atom. The molecule has 4 rings (SSSR count). The quantitative estimate of drug-likeness (QED) is 0.799. The average Bonchev–Trinajstić information content (AvgIpc) is 2.73. The fourth-order valence-corrected chi connectivity index (χ4v) is 4.66. The average molecular weight is 411 g/mol. The number of fused-ring (bicyclic) bond motifs is 1. The number of nitrogens with zero attached hydrogens (tertiary/aromatic N) is 3. The zero-order chi connectivity index (χ0) is 21.7. The Kier molecular flexibility index (Phi) is 7.43. The van der Waals surface area contributed by atoms with Crippen LogP contribution in [0.25, 0.3) is 0 Å². The maximum atomic E-state index is 12.2. The Balaban J connectivity index is 0.000000269. The second-order valence-corrected chi connectivity index (χ2v) is 8.38. The third-order valence-corrected chi connectivity index (χ3v) is 6.16. The summed E-state index contributed by atoms with van der Waals surface area (Å²) in [5.74, 6) is 1.64. The lowest BCUT2D eigenvalue weighted by Crippen LogP contribution is -2.46. The van der Waals surface area contributed by atoms with Crippen molar-refractivity contribution >= 4 is 17.5 Å². The normalized spacial score (nSPS) is 21.4. The third-order valence-electron chi connectivity index (χ3n) is 6.16. The van der Waals surface area contributed by atoms with E-state index >= 15 is 0 Å². The fourth-order valence-electron chi connectivity index (χ4n) is 4.66. The minimum Gasteiger partial charge on any atom is -0.381 e. The molecule has 2 N–H and O–H groups in total. The van der Waals surface area contributed by atoms with E-state index in [2.05, 4.69) is 42.0 Å². The first kappa shape index (κ1) is 22.2. The lowest BCUT2D eigenvalue weighted by Gasteiger charge is -2.41. The monoisotopic (exact) mass is 410 g/mol. The molecule has 2 aromatic rings. The smallest absolute Gasteiger partial charge is 0.224 e. The predicted octanol–water partition coefficient (Wildman–Crippen LogP) is 4.27. The number of nitrogens with two attached hydrogens (primary N) is 1. The van der Waals surface area contributed by atoms with E-state index in [1.165, 1.54) is 11.1 Å². The van der Waals surface area contributed by atoms with E-state index in [9.17, 15) is 4.79 Å². The van der Waals surface area contributed by atoms with Gasteiger partial charge in [-0.3, -0.25) is 4.79 Å². The van der Waals surface area contributed by atoms with Crippen molar-refractivity contribution in [2.75, 3.05) is 23.8 Å². The molecule has 2 aliphatic rings. The van der Waals surface area contributed by atoms with Crippen LogP contribution in [0.1, 0.15) is 62.8 Å². The third kappa shape index (κ3) is 5.17. The van der Waals surface area contributed by atoms with E-state index in [1.54, 1.807) is 19.2 Å². The molecule has 0 unspecified atom stereocenters. The maximum absolute atomic E-state index is 12.2. The van der Waals surface area contributed by atoms with Gasteiger partial charge in [-0.1, -0.05) is 26.0 Å². The summed E-state index contributed by atoms with van der Waals surface area (Å²) in [6, 6.07) is 8.89. The number of hydrogen-bond acceptors (Lipinski definition) is 5. The molecule has 0 spiro atoms. The van der Waals surface area contributed by atoms with Gasteiger partial charge in [-0.15, -0.1) is 0 Å². The van der Waals surface area contributed by atoms with Crippen LogP contribution in [0.15, 0.2) is 30.5 Å². The minimum absolute atomic E-state index is 0.165. The predicted molar refractivity (Wildman–Crippen MR) is 121 cm³/mol. The van der Waals surface area contributed by atoms with Gasteiger partial charge >= 0.3 is 0 Å². The van der Waals surface area contributed by atoms with Crippen molar-refractivity contribution in [3.05, 3.63) is 47.3 Å². The van der Waals surface area contributed by atoms with Gasteiger partial charge in [0.2, 0.25) is 11.9 Å². The number of ether oxygens (including phenoxy) is 1. The summed E-state index contributed by atoms with van der Waals surface area (Å²) < 4.78 is 5.48. The molecule has 0 bridgehead atoms. The van der Waals surface area contributed by atoms with Crippen molar-refractivity contribution in [2.45, 2.75) is 65.3 Å². The number of hydrogen-bond donors (Lipinski definition) is 1. The first-order valence-electron chi connectivity index (χ1n) is 11.0. The van der Waals surface area contributed by atoms with Crippen molar-refractivity contribution < 1.29 is 9.53 Å². The van der Waals surface area contributed by atoms with Gasteiger partial charge < -0.3 is 15.4 Å². The molecule has 1 saturated heterocycles. The minimum atomic E-state index is 0.165. The number of nitrogen functional groups attached to an aromatic ring is 1. The Morgan fingerprint density at radius 3 is 2.57 bits per heavy atom. The van der Waals surface area contributed by atoms with Crippen molar-refractivity contribution in [3.63, 3.8) is 0 Å². The lowest BCUT2D eigenvalue weighted by atomic mass is 9.82. The summed E-state index contributed by atoms with van der Waals surface area (Å²) in [5, 5.41) is 0. The highest BCUT2D eigenvalue weighted by Crippen LogP contribution is 2.38. The number of rotatable bonds is 2. The van der Waals surface area contributed by atoms with E-state index < -0.39 is 0 Å². The molecule has 2 aliphatic heterocycles. The van der Waals surface area contributed by atoms with Gasteiger partial charge in [0, 0.05) is 43.8 Å². The largest absolute Gasteiger partial charge is 0.381 e. The van der Waals surface area contributed by atoms with E-state index in [1.807, 2.05) is 11.8 Å². The highest BCUT2D eigenvalue weighted by atomic mass is 16.5. The molecule has 1 aromatic carbocycles. The summed E-state index contributed by atoms with van der Waals surface area (Å²) in [5.41, 5.74) is 10.0.